The summed E-state index contributed by atoms with van der Waals surface area (Å²) >= 11 is 0. The van der Waals surface area contributed by atoms with Gasteiger partial charge in [-0.15, -0.1) is 0 Å². The number of carbonyl (C=O) groups is 1. The van der Waals surface area contributed by atoms with Crippen molar-refractivity contribution in [1.29, 1.82) is 0 Å². The minimum absolute atomic E-state index is 0.374. The van der Waals surface area contributed by atoms with E-state index in [1.165, 1.54) is 7.11 Å². The van der Waals surface area contributed by atoms with E-state index in [-0.39, 0.29) is 0 Å². The lowest BCUT2D eigenvalue weighted by atomic mass is 10.0. The van der Waals surface area contributed by atoms with E-state index in [1.54, 1.807) is 12.1 Å². The lowest BCUT2D eigenvalue weighted by Gasteiger charge is -2.12. The van der Waals surface area contributed by atoms with Gasteiger partial charge in [-0.05, 0) is 30.7 Å². The Labute approximate surface area is 118 Å². The zero-order valence-electron chi connectivity index (χ0n) is 11.6. The van der Waals surface area contributed by atoms with Gasteiger partial charge in [0.25, 0.3) is 5.91 Å². The van der Waals surface area contributed by atoms with E-state index in [1.807, 2.05) is 37.3 Å². The van der Waals surface area contributed by atoms with Crippen LogP contribution in [0.2, 0.25) is 0 Å². The Morgan fingerprint density at radius 1 is 1.15 bits per heavy atom. The highest BCUT2D eigenvalue weighted by Gasteiger charge is 2.14. The van der Waals surface area contributed by atoms with Gasteiger partial charge in [-0.3, -0.25) is 4.79 Å². The number of amides is 1. The van der Waals surface area contributed by atoms with Crippen LogP contribution in [0, 0.1) is 0 Å². The Bertz CT molecular complexity index is 606. The molecule has 2 aromatic rings. The van der Waals surface area contributed by atoms with Crippen LogP contribution < -0.4 is 15.2 Å². The maximum absolute atomic E-state index is 11.4. The highest BCUT2D eigenvalue weighted by molar-refractivity contribution is 5.98. The van der Waals surface area contributed by atoms with Crippen LogP contribution in [-0.4, -0.2) is 19.6 Å². The van der Waals surface area contributed by atoms with Gasteiger partial charge < -0.3 is 15.2 Å². The topological polar surface area (TPSA) is 61.5 Å². The van der Waals surface area contributed by atoms with Crippen LogP contribution >= 0.6 is 0 Å². The third-order valence-corrected chi connectivity index (χ3v) is 2.96. The van der Waals surface area contributed by atoms with E-state index in [0.717, 1.165) is 16.9 Å². The summed E-state index contributed by atoms with van der Waals surface area (Å²) in [5, 5.41) is 0. The molecule has 0 heterocycles. The summed E-state index contributed by atoms with van der Waals surface area (Å²) in [5.74, 6) is 0.792. The van der Waals surface area contributed by atoms with Gasteiger partial charge in [0, 0.05) is 5.56 Å². The normalized spacial score (nSPS) is 10.1. The Kier molecular flexibility index (Phi) is 4.25. The summed E-state index contributed by atoms with van der Waals surface area (Å²) in [5.41, 5.74) is 7.50. The second-order valence-corrected chi connectivity index (χ2v) is 4.21. The van der Waals surface area contributed by atoms with Gasteiger partial charge in [0.2, 0.25) is 0 Å². The molecular formula is C16H17NO3. The third-order valence-electron chi connectivity index (χ3n) is 2.96. The molecular weight excluding hydrogens is 254 g/mol. The number of rotatable bonds is 5. The van der Waals surface area contributed by atoms with Gasteiger partial charge in [-0.1, -0.05) is 24.3 Å². The molecule has 4 heteroatoms. The summed E-state index contributed by atoms with van der Waals surface area (Å²) in [6.07, 6.45) is 0. The minimum atomic E-state index is -0.505. The van der Waals surface area contributed by atoms with Crippen LogP contribution in [0.25, 0.3) is 11.1 Å². The number of primary amides is 1. The first-order valence-electron chi connectivity index (χ1n) is 6.37. The van der Waals surface area contributed by atoms with Gasteiger partial charge in [-0.2, -0.15) is 0 Å². The van der Waals surface area contributed by atoms with E-state index < -0.39 is 5.91 Å². The highest BCUT2D eigenvalue weighted by atomic mass is 16.5. The summed E-state index contributed by atoms with van der Waals surface area (Å²) in [6.45, 7) is 2.56. The molecule has 104 valence electrons. The van der Waals surface area contributed by atoms with E-state index in [0.29, 0.717) is 17.9 Å². The fraction of sp³-hybridized carbons (Fsp3) is 0.188. The molecule has 2 rings (SSSR count). The van der Waals surface area contributed by atoms with Crippen molar-refractivity contribution in [1.82, 2.24) is 0 Å². The monoisotopic (exact) mass is 271 g/mol. The summed E-state index contributed by atoms with van der Waals surface area (Å²) in [4.78, 5) is 11.4. The number of hydrogen-bond acceptors (Lipinski definition) is 3. The van der Waals surface area contributed by atoms with Gasteiger partial charge in [0.15, 0.2) is 0 Å². The largest absolute Gasteiger partial charge is 0.495 e. The first-order valence-corrected chi connectivity index (χ1v) is 6.37. The van der Waals surface area contributed by atoms with Crippen LogP contribution in [0.3, 0.4) is 0 Å². The van der Waals surface area contributed by atoms with Crippen molar-refractivity contribution in [2.45, 2.75) is 6.92 Å². The number of ether oxygens (including phenoxy) is 2. The molecule has 0 aromatic heterocycles. The second kappa shape index (κ2) is 6.10. The van der Waals surface area contributed by atoms with Crippen LogP contribution in [0.4, 0.5) is 0 Å². The van der Waals surface area contributed by atoms with Crippen molar-refractivity contribution in [3.8, 4) is 22.6 Å². The average molecular weight is 271 g/mol. The first-order chi connectivity index (χ1) is 9.67. The number of para-hydroxylation sites is 1. The number of nitrogens with two attached hydrogens (primary N) is 1. The zero-order valence-corrected chi connectivity index (χ0v) is 11.6. The summed E-state index contributed by atoms with van der Waals surface area (Å²) in [7, 11) is 1.53. The molecule has 20 heavy (non-hydrogen) atoms. The lowest BCUT2D eigenvalue weighted by molar-refractivity contribution is 0.0997. The van der Waals surface area contributed by atoms with Crippen LogP contribution in [0.15, 0.2) is 42.5 Å². The molecule has 0 spiro atoms. The van der Waals surface area contributed by atoms with Crippen molar-refractivity contribution in [2.75, 3.05) is 13.7 Å². The molecule has 0 saturated heterocycles. The molecule has 2 N–H and O–H groups in total. The quantitative estimate of drug-likeness (QED) is 0.909. The smallest absolute Gasteiger partial charge is 0.252 e. The van der Waals surface area contributed by atoms with Crippen LogP contribution in [0.1, 0.15) is 17.3 Å². The van der Waals surface area contributed by atoms with Crippen molar-refractivity contribution in [3.63, 3.8) is 0 Å². The molecule has 2 aromatic carbocycles. The van der Waals surface area contributed by atoms with Crippen LogP contribution in [0.5, 0.6) is 11.5 Å². The zero-order chi connectivity index (χ0) is 14.5. The van der Waals surface area contributed by atoms with Crippen molar-refractivity contribution < 1.29 is 14.3 Å². The van der Waals surface area contributed by atoms with Gasteiger partial charge in [0.05, 0.1) is 19.3 Å². The van der Waals surface area contributed by atoms with Crippen LogP contribution in [-0.2, 0) is 0 Å². The molecule has 0 fully saturated rings. The maximum Gasteiger partial charge on any atom is 0.252 e. The predicted molar refractivity (Wildman–Crippen MR) is 78.1 cm³/mol. The first kappa shape index (κ1) is 13.9. The van der Waals surface area contributed by atoms with E-state index >= 15 is 0 Å². The average Bonchev–Trinajstić information content (AvgIpc) is 2.47. The molecule has 0 aliphatic rings. The molecule has 0 bridgehead atoms. The van der Waals surface area contributed by atoms with Crippen molar-refractivity contribution in [2.24, 2.45) is 5.73 Å². The summed E-state index contributed by atoms with van der Waals surface area (Å²) < 4.78 is 10.7. The van der Waals surface area contributed by atoms with Gasteiger partial charge >= 0.3 is 0 Å². The van der Waals surface area contributed by atoms with Crippen molar-refractivity contribution in [3.05, 3.63) is 48.0 Å². The number of benzene rings is 2. The molecule has 1 amide bonds. The SMILES string of the molecule is CCOc1ccc(-c2cccc(C(N)=O)c2OC)cc1. The highest BCUT2D eigenvalue weighted by Crippen LogP contribution is 2.33. The third kappa shape index (κ3) is 2.74. The minimum Gasteiger partial charge on any atom is -0.495 e. The maximum atomic E-state index is 11.4. The lowest BCUT2D eigenvalue weighted by Crippen LogP contribution is -2.12. The molecule has 0 saturated carbocycles. The van der Waals surface area contributed by atoms with Gasteiger partial charge in [0.1, 0.15) is 11.5 Å². The van der Waals surface area contributed by atoms with Crippen molar-refractivity contribution >= 4 is 5.91 Å². The second-order valence-electron chi connectivity index (χ2n) is 4.21. The molecule has 0 atom stereocenters. The predicted octanol–water partition coefficient (Wildman–Crippen LogP) is 2.86. The Balaban J connectivity index is 2.46. The molecule has 0 aliphatic heterocycles. The molecule has 0 aliphatic carbocycles. The molecule has 0 radical (unpaired) electrons. The Morgan fingerprint density at radius 2 is 1.85 bits per heavy atom. The Morgan fingerprint density at radius 3 is 2.40 bits per heavy atom. The van der Waals surface area contributed by atoms with Gasteiger partial charge in [-0.25, -0.2) is 0 Å². The fourth-order valence-corrected chi connectivity index (χ4v) is 2.08. The van der Waals surface area contributed by atoms with E-state index in [4.69, 9.17) is 15.2 Å². The van der Waals surface area contributed by atoms with E-state index in [2.05, 4.69) is 0 Å². The standard InChI is InChI=1S/C16H17NO3/c1-3-20-12-9-7-11(8-10-12)13-5-4-6-14(16(17)18)15(13)19-2/h4-10H,3H2,1-2H3,(H2,17,18). The number of carbonyl (C=O) groups excluding carboxylic acids is 1. The molecule has 4 nitrogen and oxygen atoms in total. The number of methoxy groups -OCH3 is 1. The fourth-order valence-electron chi connectivity index (χ4n) is 2.08. The summed E-state index contributed by atoms with van der Waals surface area (Å²) in [6, 6.07) is 12.9. The Hall–Kier alpha value is -2.49. The van der Waals surface area contributed by atoms with E-state index in [9.17, 15) is 4.79 Å². The molecule has 0 unspecified atom stereocenters. The number of hydrogen-bond donors (Lipinski definition) is 1.